The van der Waals surface area contributed by atoms with Crippen molar-refractivity contribution in [2.24, 2.45) is 5.92 Å². The molecule has 184 valence electrons. The lowest BCUT2D eigenvalue weighted by Crippen LogP contribution is -2.32. The highest BCUT2D eigenvalue weighted by Gasteiger charge is 2.17. The number of para-hydroxylation sites is 1. The van der Waals surface area contributed by atoms with Crippen molar-refractivity contribution in [2.45, 2.75) is 12.8 Å². The third kappa shape index (κ3) is 6.09. The van der Waals surface area contributed by atoms with Crippen molar-refractivity contribution >= 4 is 39.8 Å². The number of nitrogens with zero attached hydrogens (tertiary/aromatic N) is 3. The van der Waals surface area contributed by atoms with Gasteiger partial charge in [-0.25, -0.2) is 14.8 Å². The predicted molar refractivity (Wildman–Crippen MR) is 144 cm³/mol. The Morgan fingerprint density at radius 3 is 2.36 bits per heavy atom. The molecule has 3 N–H and O–H groups in total. The maximum atomic E-state index is 12.2. The topological polar surface area (TPSA) is 91.4 Å². The Morgan fingerprint density at radius 1 is 0.917 bits per heavy atom. The maximum Gasteiger partial charge on any atom is 0.323 e. The fourth-order valence-electron chi connectivity index (χ4n) is 4.26. The quantitative estimate of drug-likeness (QED) is 0.311. The largest absolute Gasteiger partial charge is 0.493 e. The van der Waals surface area contributed by atoms with E-state index in [2.05, 4.69) is 37.9 Å². The van der Waals surface area contributed by atoms with Crippen LogP contribution in [0.1, 0.15) is 12.8 Å². The fraction of sp³-hybridized carbons (Fsp3) is 0.250. The van der Waals surface area contributed by atoms with Crippen LogP contribution in [0.2, 0.25) is 0 Å². The summed E-state index contributed by atoms with van der Waals surface area (Å²) in [6.07, 6.45) is 3.90. The first-order chi connectivity index (χ1) is 17.6. The molecule has 1 aliphatic heterocycles. The number of benzene rings is 3. The number of amides is 2. The minimum Gasteiger partial charge on any atom is -0.493 e. The Labute approximate surface area is 210 Å². The molecule has 1 fully saturated rings. The molecule has 0 radical (unpaired) electrons. The molecule has 0 atom stereocenters. The number of carbonyl (C=O) groups excluding carboxylic acids is 1. The highest BCUT2D eigenvalue weighted by Crippen LogP contribution is 2.27. The number of likely N-dealkylation sites (tertiary alicyclic amines) is 1. The number of carbonyl (C=O) groups is 1. The second-order valence-corrected chi connectivity index (χ2v) is 9.11. The van der Waals surface area contributed by atoms with Crippen LogP contribution in [-0.2, 0) is 0 Å². The van der Waals surface area contributed by atoms with Crippen LogP contribution in [0.15, 0.2) is 79.1 Å². The summed E-state index contributed by atoms with van der Waals surface area (Å²) in [5.74, 6) is 2.14. The summed E-state index contributed by atoms with van der Waals surface area (Å²) in [7, 11) is 2.17. The van der Waals surface area contributed by atoms with Crippen LogP contribution >= 0.6 is 0 Å². The van der Waals surface area contributed by atoms with E-state index in [1.54, 1.807) is 6.33 Å². The van der Waals surface area contributed by atoms with Gasteiger partial charge in [-0.1, -0.05) is 18.2 Å². The van der Waals surface area contributed by atoms with Crippen molar-refractivity contribution in [1.82, 2.24) is 14.9 Å². The molecule has 1 aromatic heterocycles. The Morgan fingerprint density at radius 2 is 1.61 bits per heavy atom. The van der Waals surface area contributed by atoms with E-state index < -0.39 is 0 Å². The predicted octanol–water partition coefficient (Wildman–Crippen LogP) is 5.74. The van der Waals surface area contributed by atoms with Gasteiger partial charge in [0.15, 0.2) is 0 Å². The number of aromatic nitrogens is 2. The zero-order valence-corrected chi connectivity index (χ0v) is 20.3. The van der Waals surface area contributed by atoms with Gasteiger partial charge in [-0.3, -0.25) is 0 Å². The average molecular weight is 483 g/mol. The molecule has 0 spiro atoms. The van der Waals surface area contributed by atoms with E-state index in [-0.39, 0.29) is 6.03 Å². The Balaban J connectivity index is 1.20. The molecule has 3 aromatic carbocycles. The SMILES string of the molecule is CN1CCC(COc2ccc3c(Nc4ccc(NC(=O)Nc5ccccc5)cc4)ncnc3c2)CC1. The fourth-order valence-corrected chi connectivity index (χ4v) is 4.26. The number of anilines is 4. The molecule has 2 heterocycles. The highest BCUT2D eigenvalue weighted by molar-refractivity contribution is 6.00. The van der Waals surface area contributed by atoms with Crippen molar-refractivity contribution in [3.8, 4) is 5.75 Å². The van der Waals surface area contributed by atoms with Crippen LogP contribution in [0, 0.1) is 5.92 Å². The molecule has 36 heavy (non-hydrogen) atoms. The van der Waals surface area contributed by atoms with E-state index in [1.165, 1.54) is 12.8 Å². The van der Waals surface area contributed by atoms with Crippen LogP contribution in [-0.4, -0.2) is 47.6 Å². The first-order valence-electron chi connectivity index (χ1n) is 12.2. The van der Waals surface area contributed by atoms with Crippen LogP contribution in [0.25, 0.3) is 10.9 Å². The molecule has 0 aliphatic carbocycles. The molecule has 1 aliphatic rings. The van der Waals surface area contributed by atoms with Crippen LogP contribution < -0.4 is 20.7 Å². The number of ether oxygens (including phenoxy) is 1. The average Bonchev–Trinajstić information content (AvgIpc) is 2.90. The monoisotopic (exact) mass is 482 g/mol. The number of nitrogens with one attached hydrogen (secondary N) is 3. The molecule has 2 amide bonds. The minimum atomic E-state index is -0.294. The summed E-state index contributed by atoms with van der Waals surface area (Å²) < 4.78 is 6.09. The van der Waals surface area contributed by atoms with Crippen molar-refractivity contribution in [3.63, 3.8) is 0 Å². The van der Waals surface area contributed by atoms with Crippen molar-refractivity contribution in [3.05, 3.63) is 79.1 Å². The van der Waals surface area contributed by atoms with Gasteiger partial charge in [0.05, 0.1) is 12.1 Å². The van der Waals surface area contributed by atoms with Gasteiger partial charge in [-0.15, -0.1) is 0 Å². The molecule has 1 saturated heterocycles. The summed E-state index contributed by atoms with van der Waals surface area (Å²) in [6.45, 7) is 3.00. The maximum absolute atomic E-state index is 12.2. The third-order valence-electron chi connectivity index (χ3n) is 6.37. The number of hydrogen-bond donors (Lipinski definition) is 3. The van der Waals surface area contributed by atoms with Crippen LogP contribution in [0.3, 0.4) is 0 Å². The van der Waals surface area contributed by atoms with Gasteiger partial charge in [-0.2, -0.15) is 0 Å². The Bertz CT molecular complexity index is 1300. The lowest BCUT2D eigenvalue weighted by Gasteiger charge is -2.28. The van der Waals surface area contributed by atoms with Gasteiger partial charge in [-0.05, 0) is 87.4 Å². The molecule has 8 nitrogen and oxygen atoms in total. The van der Waals surface area contributed by atoms with E-state index in [0.717, 1.165) is 47.7 Å². The van der Waals surface area contributed by atoms with Gasteiger partial charge >= 0.3 is 6.03 Å². The van der Waals surface area contributed by atoms with E-state index in [1.807, 2.05) is 72.8 Å². The summed E-state index contributed by atoms with van der Waals surface area (Å²) >= 11 is 0. The zero-order valence-electron chi connectivity index (χ0n) is 20.3. The zero-order chi connectivity index (χ0) is 24.7. The van der Waals surface area contributed by atoms with E-state index >= 15 is 0 Å². The smallest absolute Gasteiger partial charge is 0.323 e. The highest BCUT2D eigenvalue weighted by atomic mass is 16.5. The number of fused-ring (bicyclic) bond motifs is 1. The summed E-state index contributed by atoms with van der Waals surface area (Å²) in [6, 6.07) is 22.4. The molecule has 0 bridgehead atoms. The van der Waals surface area contributed by atoms with Crippen LogP contribution in [0.5, 0.6) is 5.75 Å². The Kier molecular flexibility index (Phi) is 7.23. The number of urea groups is 1. The van der Waals surface area contributed by atoms with Gasteiger partial charge in [0.1, 0.15) is 17.9 Å². The Hall–Kier alpha value is -4.17. The second-order valence-electron chi connectivity index (χ2n) is 9.11. The van der Waals surface area contributed by atoms with E-state index in [0.29, 0.717) is 17.4 Å². The molecule has 5 rings (SSSR count). The summed E-state index contributed by atoms with van der Waals surface area (Å²) in [4.78, 5) is 23.4. The molecular formula is C28H30N6O2. The molecule has 8 heteroatoms. The lowest BCUT2D eigenvalue weighted by molar-refractivity contribution is 0.160. The third-order valence-corrected chi connectivity index (χ3v) is 6.37. The van der Waals surface area contributed by atoms with Crippen LogP contribution in [0.4, 0.5) is 27.7 Å². The minimum absolute atomic E-state index is 0.294. The van der Waals surface area contributed by atoms with Crippen molar-refractivity contribution < 1.29 is 9.53 Å². The van der Waals surface area contributed by atoms with Gasteiger partial charge < -0.3 is 25.6 Å². The lowest BCUT2D eigenvalue weighted by atomic mass is 9.98. The van der Waals surface area contributed by atoms with Gasteiger partial charge in [0.2, 0.25) is 0 Å². The second kappa shape index (κ2) is 11.0. The van der Waals surface area contributed by atoms with Crippen molar-refractivity contribution in [1.29, 1.82) is 0 Å². The normalized spacial score (nSPS) is 14.4. The van der Waals surface area contributed by atoms with E-state index in [9.17, 15) is 4.79 Å². The molecule has 4 aromatic rings. The summed E-state index contributed by atoms with van der Waals surface area (Å²) in [5, 5.41) is 9.90. The van der Waals surface area contributed by atoms with Gasteiger partial charge in [0, 0.05) is 28.5 Å². The molecule has 0 unspecified atom stereocenters. The number of rotatable bonds is 7. The first kappa shape index (κ1) is 23.6. The van der Waals surface area contributed by atoms with Crippen molar-refractivity contribution in [2.75, 3.05) is 42.7 Å². The standard InChI is InChI=1S/C28H30N6O2/c1-34-15-13-20(14-16-34)18-36-24-11-12-25-26(17-24)29-19-30-27(25)31-22-7-9-23(10-8-22)33-28(35)32-21-5-3-2-4-6-21/h2-12,17,19-20H,13-16,18H2,1H3,(H,29,30,31)(H2,32,33,35). The number of hydrogen-bond acceptors (Lipinski definition) is 6. The summed E-state index contributed by atoms with van der Waals surface area (Å²) in [5.41, 5.74) is 3.10. The van der Waals surface area contributed by atoms with E-state index in [4.69, 9.17) is 4.74 Å². The molecular weight excluding hydrogens is 452 g/mol. The van der Waals surface area contributed by atoms with Gasteiger partial charge in [0.25, 0.3) is 0 Å². The molecule has 0 saturated carbocycles. The first-order valence-corrected chi connectivity index (χ1v) is 12.2. The number of piperidine rings is 1.